The van der Waals surface area contributed by atoms with Crippen molar-refractivity contribution in [1.82, 2.24) is 9.78 Å². The van der Waals surface area contributed by atoms with Crippen LogP contribution in [0.5, 0.6) is 0 Å². The predicted octanol–water partition coefficient (Wildman–Crippen LogP) is 2.85. The van der Waals surface area contributed by atoms with Crippen LogP contribution in [-0.4, -0.2) is 26.5 Å². The van der Waals surface area contributed by atoms with E-state index in [1.165, 1.54) is 12.1 Å². The number of fused-ring (bicyclic) bond motifs is 1. The number of ether oxygens (including phenoxy) is 1. The third kappa shape index (κ3) is 2.95. The van der Waals surface area contributed by atoms with Crippen molar-refractivity contribution in [3.05, 3.63) is 47.0 Å². The van der Waals surface area contributed by atoms with Gasteiger partial charge < -0.3 is 9.84 Å². The van der Waals surface area contributed by atoms with Crippen LogP contribution >= 0.6 is 0 Å². The second-order valence-corrected chi connectivity index (χ2v) is 6.93. The van der Waals surface area contributed by atoms with Crippen molar-refractivity contribution in [1.29, 1.82) is 0 Å². The van der Waals surface area contributed by atoms with Crippen molar-refractivity contribution in [3.63, 3.8) is 0 Å². The first-order valence-corrected chi connectivity index (χ1v) is 8.82. The van der Waals surface area contributed by atoms with Gasteiger partial charge in [0.15, 0.2) is 5.60 Å². The van der Waals surface area contributed by atoms with E-state index < -0.39 is 11.6 Å². The molecule has 1 saturated carbocycles. The Hall–Kier alpha value is -2.21. The fourth-order valence-electron chi connectivity index (χ4n) is 3.86. The topological polar surface area (TPSA) is 64.3 Å². The number of rotatable bonds is 4. The second kappa shape index (κ2) is 6.26. The first-order chi connectivity index (χ1) is 12.1. The highest BCUT2D eigenvalue weighted by molar-refractivity contribution is 5.79. The first-order valence-electron chi connectivity index (χ1n) is 8.82. The molecule has 1 heterocycles. The van der Waals surface area contributed by atoms with E-state index in [0.717, 1.165) is 54.7 Å². The molecule has 1 N–H and O–H groups in total. The molecule has 4 rings (SSSR count). The molecule has 2 aliphatic rings. The van der Waals surface area contributed by atoms with Crippen molar-refractivity contribution in [2.75, 3.05) is 0 Å². The van der Waals surface area contributed by atoms with Crippen LogP contribution in [0.2, 0.25) is 0 Å². The van der Waals surface area contributed by atoms with Gasteiger partial charge in [-0.3, -0.25) is 0 Å². The van der Waals surface area contributed by atoms with Gasteiger partial charge in [0.1, 0.15) is 18.1 Å². The molecular formula is C19H21FN2O3. The zero-order valence-electron chi connectivity index (χ0n) is 14.0. The molecule has 0 unspecified atom stereocenters. The smallest absolute Gasteiger partial charge is 0.338 e. The van der Waals surface area contributed by atoms with Gasteiger partial charge in [0.2, 0.25) is 0 Å². The van der Waals surface area contributed by atoms with Crippen LogP contribution in [0, 0.1) is 5.82 Å². The maximum absolute atomic E-state index is 13.2. The number of aliphatic hydroxyl groups is 1. The highest BCUT2D eigenvalue weighted by atomic mass is 19.1. The Morgan fingerprint density at radius 3 is 2.64 bits per heavy atom. The molecule has 1 aromatic heterocycles. The molecule has 25 heavy (non-hydrogen) atoms. The Morgan fingerprint density at radius 1 is 1.20 bits per heavy atom. The van der Waals surface area contributed by atoms with E-state index in [9.17, 15) is 14.3 Å². The van der Waals surface area contributed by atoms with E-state index in [1.54, 1.807) is 12.1 Å². The van der Waals surface area contributed by atoms with Gasteiger partial charge in [0, 0.05) is 11.3 Å². The SMILES string of the molecule is O=C(OCc1nn(-c2ccc(F)cc2)c2c1CCC2)C1(O)CCCC1. The lowest BCUT2D eigenvalue weighted by Gasteiger charge is -2.19. The normalized spacial score (nSPS) is 18.3. The summed E-state index contributed by atoms with van der Waals surface area (Å²) in [6.45, 7) is 0.0671. The maximum atomic E-state index is 13.2. The number of halogens is 1. The minimum absolute atomic E-state index is 0.0671. The summed E-state index contributed by atoms with van der Waals surface area (Å²) in [6, 6.07) is 6.21. The predicted molar refractivity (Wildman–Crippen MR) is 88.8 cm³/mol. The zero-order chi connectivity index (χ0) is 17.4. The Morgan fingerprint density at radius 2 is 1.92 bits per heavy atom. The van der Waals surface area contributed by atoms with Crippen molar-refractivity contribution in [3.8, 4) is 5.69 Å². The Bertz CT molecular complexity index is 792. The molecule has 0 amide bonds. The van der Waals surface area contributed by atoms with E-state index in [-0.39, 0.29) is 12.4 Å². The summed E-state index contributed by atoms with van der Waals surface area (Å²) in [5, 5.41) is 14.9. The Labute approximate surface area is 145 Å². The summed E-state index contributed by atoms with van der Waals surface area (Å²) in [4.78, 5) is 12.2. The van der Waals surface area contributed by atoms with Gasteiger partial charge in [0.25, 0.3) is 0 Å². The number of esters is 1. The lowest BCUT2D eigenvalue weighted by atomic mass is 10.0. The average molecular weight is 344 g/mol. The molecular weight excluding hydrogens is 323 g/mol. The lowest BCUT2D eigenvalue weighted by molar-refractivity contribution is -0.166. The number of carbonyl (C=O) groups excluding carboxylic acids is 1. The number of benzene rings is 1. The molecule has 0 saturated heterocycles. The van der Waals surface area contributed by atoms with E-state index in [0.29, 0.717) is 12.8 Å². The summed E-state index contributed by atoms with van der Waals surface area (Å²) in [7, 11) is 0. The fraction of sp³-hybridized carbons (Fsp3) is 0.474. The maximum Gasteiger partial charge on any atom is 0.338 e. The van der Waals surface area contributed by atoms with Crippen LogP contribution in [0.3, 0.4) is 0 Å². The summed E-state index contributed by atoms with van der Waals surface area (Å²) in [5.74, 6) is -0.834. The molecule has 0 bridgehead atoms. The van der Waals surface area contributed by atoms with Crippen LogP contribution in [0.4, 0.5) is 4.39 Å². The largest absolute Gasteiger partial charge is 0.457 e. The minimum Gasteiger partial charge on any atom is -0.457 e. The van der Waals surface area contributed by atoms with Crippen molar-refractivity contribution < 1.29 is 19.0 Å². The van der Waals surface area contributed by atoms with Crippen molar-refractivity contribution >= 4 is 5.97 Å². The molecule has 1 fully saturated rings. The highest BCUT2D eigenvalue weighted by Crippen LogP contribution is 2.32. The molecule has 6 heteroatoms. The molecule has 2 aromatic rings. The summed E-state index contributed by atoms with van der Waals surface area (Å²) < 4.78 is 20.4. The van der Waals surface area contributed by atoms with Crippen LogP contribution in [-0.2, 0) is 29.0 Å². The number of nitrogens with zero attached hydrogens (tertiary/aromatic N) is 2. The van der Waals surface area contributed by atoms with Crippen LogP contribution < -0.4 is 0 Å². The third-order valence-corrected chi connectivity index (χ3v) is 5.24. The molecule has 0 spiro atoms. The number of hydrogen-bond donors (Lipinski definition) is 1. The first kappa shape index (κ1) is 16.3. The summed E-state index contributed by atoms with van der Waals surface area (Å²) >= 11 is 0. The number of hydrogen-bond acceptors (Lipinski definition) is 4. The number of aromatic nitrogens is 2. The van der Waals surface area contributed by atoms with Crippen molar-refractivity contribution in [2.45, 2.75) is 57.2 Å². The van der Waals surface area contributed by atoms with E-state index in [4.69, 9.17) is 4.74 Å². The van der Waals surface area contributed by atoms with Crippen LogP contribution in [0.25, 0.3) is 5.69 Å². The van der Waals surface area contributed by atoms with E-state index >= 15 is 0 Å². The lowest BCUT2D eigenvalue weighted by Crippen LogP contribution is -2.36. The van der Waals surface area contributed by atoms with E-state index in [1.807, 2.05) is 4.68 Å². The number of carbonyl (C=O) groups is 1. The monoisotopic (exact) mass is 344 g/mol. The highest BCUT2D eigenvalue weighted by Gasteiger charge is 2.40. The Balaban J connectivity index is 1.55. The summed E-state index contributed by atoms with van der Waals surface area (Å²) in [6.07, 6.45) is 5.45. The molecule has 2 aliphatic carbocycles. The van der Waals surface area contributed by atoms with Gasteiger partial charge in [-0.1, -0.05) is 0 Å². The molecule has 1 aromatic carbocycles. The van der Waals surface area contributed by atoms with Crippen molar-refractivity contribution in [2.24, 2.45) is 0 Å². The quantitative estimate of drug-likeness (QED) is 0.866. The van der Waals surface area contributed by atoms with Gasteiger partial charge >= 0.3 is 5.97 Å². The molecule has 0 atom stereocenters. The van der Waals surface area contributed by atoms with Gasteiger partial charge in [0.05, 0.1) is 5.69 Å². The van der Waals surface area contributed by atoms with Crippen LogP contribution in [0.15, 0.2) is 24.3 Å². The Kier molecular flexibility index (Phi) is 4.07. The minimum atomic E-state index is -1.33. The molecule has 5 nitrogen and oxygen atoms in total. The fourth-order valence-corrected chi connectivity index (χ4v) is 3.86. The third-order valence-electron chi connectivity index (χ3n) is 5.24. The zero-order valence-corrected chi connectivity index (χ0v) is 14.0. The second-order valence-electron chi connectivity index (χ2n) is 6.93. The average Bonchev–Trinajstić information content (AvgIpc) is 3.31. The van der Waals surface area contributed by atoms with E-state index in [2.05, 4.69) is 5.10 Å². The standard InChI is InChI=1S/C19H21FN2O3/c20-13-6-8-14(9-7-13)22-17-5-3-4-15(17)16(21-22)12-25-18(23)19(24)10-1-2-11-19/h6-9,24H,1-5,10-12H2. The van der Waals surface area contributed by atoms with Gasteiger partial charge in [-0.2, -0.15) is 5.10 Å². The molecule has 0 aliphatic heterocycles. The van der Waals surface area contributed by atoms with Gasteiger partial charge in [-0.15, -0.1) is 0 Å². The van der Waals surface area contributed by atoms with Gasteiger partial charge in [-0.25, -0.2) is 13.9 Å². The van der Waals surface area contributed by atoms with Gasteiger partial charge in [-0.05, 0) is 69.2 Å². The van der Waals surface area contributed by atoms with Crippen LogP contribution in [0.1, 0.15) is 49.1 Å². The molecule has 0 radical (unpaired) electrons. The summed E-state index contributed by atoms with van der Waals surface area (Å²) in [5.41, 5.74) is 2.40. The molecule has 132 valence electrons.